The number of anilines is 3. The molecular weight excluding hydrogens is 264 g/mol. The molecule has 21 heavy (non-hydrogen) atoms. The monoisotopic (exact) mass is 284 g/mol. The first-order valence-electron chi connectivity index (χ1n) is 7.16. The lowest BCUT2D eigenvalue weighted by atomic mass is 10.2. The van der Waals surface area contributed by atoms with Crippen LogP contribution in [0.5, 0.6) is 0 Å². The van der Waals surface area contributed by atoms with Gasteiger partial charge in [0, 0.05) is 51.2 Å². The fourth-order valence-corrected chi connectivity index (χ4v) is 2.75. The Bertz CT molecular complexity index is 695. The normalized spacial score (nSPS) is 14.1. The minimum atomic E-state index is -0.00777. The number of likely N-dealkylation sites (N-methyl/N-ethyl adjacent to an activating group) is 1. The summed E-state index contributed by atoms with van der Waals surface area (Å²) in [5.74, 6) is 0. The topological polar surface area (TPSA) is 54.5 Å². The number of hydrogen-bond acceptors (Lipinski definition) is 4. The molecule has 0 radical (unpaired) electrons. The van der Waals surface area contributed by atoms with Crippen molar-refractivity contribution in [3.8, 4) is 0 Å². The summed E-state index contributed by atoms with van der Waals surface area (Å²) in [6.07, 6.45) is 1.71. The van der Waals surface area contributed by atoms with E-state index in [0.717, 1.165) is 19.6 Å². The molecule has 1 aromatic heterocycles. The Labute approximate surface area is 124 Å². The highest BCUT2D eigenvalue weighted by Crippen LogP contribution is 2.31. The molecule has 3 rings (SSSR count). The van der Waals surface area contributed by atoms with E-state index in [1.807, 2.05) is 0 Å². The van der Waals surface area contributed by atoms with E-state index < -0.39 is 0 Å². The third-order valence-electron chi connectivity index (χ3n) is 3.96. The van der Waals surface area contributed by atoms with Gasteiger partial charge in [-0.3, -0.25) is 4.79 Å². The highest BCUT2D eigenvalue weighted by atomic mass is 16.1. The van der Waals surface area contributed by atoms with Gasteiger partial charge in [0.1, 0.15) is 0 Å². The smallest absolute Gasteiger partial charge is 0.250 e. The quantitative estimate of drug-likeness (QED) is 0.925. The lowest BCUT2D eigenvalue weighted by Gasteiger charge is -2.37. The Morgan fingerprint density at radius 1 is 1.05 bits per heavy atom. The Kier molecular flexibility index (Phi) is 3.56. The summed E-state index contributed by atoms with van der Waals surface area (Å²) in [6, 6.07) is 11.5. The number of nitrogen functional groups attached to an aromatic ring is 1. The molecule has 0 fully saturated rings. The van der Waals surface area contributed by atoms with Crippen LogP contribution in [-0.4, -0.2) is 31.2 Å². The van der Waals surface area contributed by atoms with Gasteiger partial charge in [-0.25, -0.2) is 0 Å². The fourth-order valence-electron chi connectivity index (χ4n) is 2.75. The molecule has 5 heteroatoms. The second kappa shape index (κ2) is 5.52. The summed E-state index contributed by atoms with van der Waals surface area (Å²) in [7, 11) is 2.11. The van der Waals surface area contributed by atoms with Crippen LogP contribution in [0, 0.1) is 0 Å². The van der Waals surface area contributed by atoms with Gasteiger partial charge in [0.15, 0.2) is 0 Å². The first-order valence-corrected chi connectivity index (χ1v) is 7.16. The highest BCUT2D eigenvalue weighted by Gasteiger charge is 2.19. The van der Waals surface area contributed by atoms with Crippen LogP contribution >= 0.6 is 0 Å². The molecule has 110 valence electrons. The molecule has 0 unspecified atom stereocenters. The van der Waals surface area contributed by atoms with Crippen LogP contribution in [0.25, 0.3) is 0 Å². The summed E-state index contributed by atoms with van der Waals surface area (Å²) in [5.41, 5.74) is 8.83. The van der Waals surface area contributed by atoms with Crippen molar-refractivity contribution in [1.29, 1.82) is 0 Å². The molecule has 0 spiro atoms. The fraction of sp³-hybridized carbons (Fsp3) is 0.312. The van der Waals surface area contributed by atoms with Crippen molar-refractivity contribution in [3.05, 3.63) is 52.9 Å². The van der Waals surface area contributed by atoms with Gasteiger partial charge >= 0.3 is 0 Å². The van der Waals surface area contributed by atoms with E-state index in [0.29, 0.717) is 12.2 Å². The Morgan fingerprint density at radius 2 is 1.81 bits per heavy atom. The van der Waals surface area contributed by atoms with Crippen molar-refractivity contribution in [3.63, 3.8) is 0 Å². The van der Waals surface area contributed by atoms with Crippen molar-refractivity contribution in [2.24, 2.45) is 0 Å². The van der Waals surface area contributed by atoms with Crippen molar-refractivity contribution in [2.75, 3.05) is 42.2 Å². The maximum absolute atomic E-state index is 11.8. The van der Waals surface area contributed by atoms with E-state index in [1.165, 1.54) is 17.4 Å². The van der Waals surface area contributed by atoms with Crippen LogP contribution in [0.15, 0.2) is 47.4 Å². The number of nitrogens with zero attached hydrogens (tertiary/aromatic N) is 3. The van der Waals surface area contributed by atoms with Crippen LogP contribution in [0.3, 0.4) is 0 Å². The van der Waals surface area contributed by atoms with Crippen LogP contribution in [0.2, 0.25) is 0 Å². The molecule has 0 saturated heterocycles. The molecule has 0 aliphatic carbocycles. The van der Waals surface area contributed by atoms with Gasteiger partial charge in [-0.2, -0.15) is 0 Å². The average molecular weight is 284 g/mol. The zero-order valence-electron chi connectivity index (χ0n) is 12.2. The second-order valence-corrected chi connectivity index (χ2v) is 5.39. The number of aromatic nitrogens is 1. The first kappa shape index (κ1) is 13.5. The van der Waals surface area contributed by atoms with Crippen molar-refractivity contribution < 1.29 is 0 Å². The van der Waals surface area contributed by atoms with Gasteiger partial charge in [0.2, 0.25) is 0 Å². The number of fused-ring (bicyclic) bond motifs is 1. The minimum absolute atomic E-state index is 0.00777. The van der Waals surface area contributed by atoms with Crippen LogP contribution in [0.1, 0.15) is 0 Å². The molecule has 1 aliphatic heterocycles. The molecule has 2 heterocycles. The third kappa shape index (κ3) is 2.72. The van der Waals surface area contributed by atoms with Gasteiger partial charge < -0.3 is 20.1 Å². The predicted molar refractivity (Wildman–Crippen MR) is 87.0 cm³/mol. The van der Waals surface area contributed by atoms with E-state index in [2.05, 4.69) is 41.1 Å². The van der Waals surface area contributed by atoms with E-state index in [9.17, 15) is 4.79 Å². The lowest BCUT2D eigenvalue weighted by molar-refractivity contribution is 0.627. The summed E-state index contributed by atoms with van der Waals surface area (Å²) in [5, 5.41) is 0. The molecule has 0 amide bonds. The van der Waals surface area contributed by atoms with Crippen molar-refractivity contribution in [2.45, 2.75) is 6.54 Å². The number of pyridine rings is 1. The number of benzene rings is 1. The zero-order chi connectivity index (χ0) is 14.8. The van der Waals surface area contributed by atoms with Crippen LogP contribution in [0.4, 0.5) is 17.1 Å². The second-order valence-electron chi connectivity index (χ2n) is 5.39. The Morgan fingerprint density at radius 3 is 2.62 bits per heavy atom. The number of para-hydroxylation sites is 2. The van der Waals surface area contributed by atoms with Crippen LogP contribution < -0.4 is 21.1 Å². The molecule has 2 aromatic rings. The summed E-state index contributed by atoms with van der Waals surface area (Å²) in [6.45, 7) is 3.39. The molecule has 0 saturated carbocycles. The van der Waals surface area contributed by atoms with Crippen LogP contribution in [-0.2, 0) is 6.54 Å². The molecule has 0 bridgehead atoms. The Balaban J connectivity index is 1.79. The van der Waals surface area contributed by atoms with E-state index in [1.54, 1.807) is 16.8 Å². The molecule has 2 N–H and O–H groups in total. The average Bonchev–Trinajstić information content (AvgIpc) is 2.50. The van der Waals surface area contributed by atoms with E-state index in [4.69, 9.17) is 5.73 Å². The summed E-state index contributed by atoms with van der Waals surface area (Å²) in [4.78, 5) is 16.4. The zero-order valence-corrected chi connectivity index (χ0v) is 12.2. The SMILES string of the molecule is CN1CCN(CCn2cc(N)ccc2=O)c2ccccc21. The van der Waals surface area contributed by atoms with Gasteiger partial charge in [0.25, 0.3) is 5.56 Å². The number of hydrogen-bond donors (Lipinski definition) is 1. The van der Waals surface area contributed by atoms with Crippen molar-refractivity contribution >= 4 is 17.1 Å². The Hall–Kier alpha value is -2.43. The summed E-state index contributed by atoms with van der Waals surface area (Å²) < 4.78 is 1.68. The number of rotatable bonds is 3. The molecule has 0 atom stereocenters. The highest BCUT2D eigenvalue weighted by molar-refractivity contribution is 5.73. The van der Waals surface area contributed by atoms with E-state index in [-0.39, 0.29) is 5.56 Å². The van der Waals surface area contributed by atoms with Gasteiger partial charge in [-0.15, -0.1) is 0 Å². The summed E-state index contributed by atoms with van der Waals surface area (Å²) >= 11 is 0. The first-order chi connectivity index (χ1) is 10.1. The maximum atomic E-state index is 11.8. The van der Waals surface area contributed by atoms with Crippen molar-refractivity contribution in [1.82, 2.24) is 4.57 Å². The number of nitrogens with two attached hydrogens (primary N) is 1. The molecular formula is C16H20N4O. The largest absolute Gasteiger partial charge is 0.398 e. The minimum Gasteiger partial charge on any atom is -0.398 e. The van der Waals surface area contributed by atoms with Gasteiger partial charge in [-0.05, 0) is 18.2 Å². The molecule has 1 aliphatic rings. The molecule has 1 aromatic carbocycles. The standard InChI is InChI=1S/C16H20N4O/c1-18-8-9-19(15-5-3-2-4-14(15)18)10-11-20-12-13(17)6-7-16(20)21/h2-7,12H,8-11,17H2,1H3. The maximum Gasteiger partial charge on any atom is 0.250 e. The van der Waals surface area contributed by atoms with Gasteiger partial charge in [0.05, 0.1) is 11.4 Å². The van der Waals surface area contributed by atoms with E-state index >= 15 is 0 Å². The third-order valence-corrected chi connectivity index (χ3v) is 3.96. The lowest BCUT2D eigenvalue weighted by Crippen LogP contribution is -2.41. The van der Waals surface area contributed by atoms with Gasteiger partial charge in [-0.1, -0.05) is 12.1 Å². The predicted octanol–water partition coefficient (Wildman–Crippen LogP) is 1.39. The molecule has 5 nitrogen and oxygen atoms in total.